The maximum absolute atomic E-state index is 10.6. The summed E-state index contributed by atoms with van der Waals surface area (Å²) in [4.78, 5) is 15.1. The van der Waals surface area contributed by atoms with Gasteiger partial charge in [-0.2, -0.15) is 5.10 Å². The van der Waals surface area contributed by atoms with Crippen LogP contribution in [0.15, 0.2) is 40.6 Å². The number of hydrogen-bond donors (Lipinski definition) is 1. The Morgan fingerprint density at radius 3 is 2.35 bits per heavy atom. The third-order valence-corrected chi connectivity index (χ3v) is 1.96. The Labute approximate surface area is 100 Å². The van der Waals surface area contributed by atoms with Crippen LogP contribution >= 0.6 is 0 Å². The highest BCUT2D eigenvalue weighted by Gasteiger charge is 1.99. The number of para-hydroxylation sites is 1. The fourth-order valence-corrected chi connectivity index (χ4v) is 0.941. The van der Waals surface area contributed by atoms with Gasteiger partial charge in [-0.05, 0) is 26.0 Å². The quantitative estimate of drug-likeness (QED) is 0.493. The van der Waals surface area contributed by atoms with E-state index < -0.39 is 5.97 Å². The topological polar surface area (TPSA) is 63.0 Å². The first-order valence-corrected chi connectivity index (χ1v) is 5.17. The fourth-order valence-electron chi connectivity index (χ4n) is 0.941. The number of nitrogens with one attached hydrogen (secondary N) is 1. The predicted octanol–water partition coefficient (Wildman–Crippen LogP) is 2.41. The molecule has 0 aliphatic carbocycles. The molecule has 0 aliphatic heterocycles. The van der Waals surface area contributed by atoms with E-state index in [-0.39, 0.29) is 0 Å². The number of anilines is 1. The lowest BCUT2D eigenvalue weighted by Gasteiger charge is -2.02. The van der Waals surface area contributed by atoms with E-state index in [0.717, 1.165) is 5.69 Å². The van der Waals surface area contributed by atoms with Crippen LogP contribution in [0.4, 0.5) is 5.69 Å². The van der Waals surface area contributed by atoms with Gasteiger partial charge in [0, 0.05) is 6.92 Å². The predicted molar refractivity (Wildman–Crippen MR) is 68.0 cm³/mol. The van der Waals surface area contributed by atoms with Crippen molar-refractivity contribution in [2.24, 2.45) is 10.3 Å². The molecule has 0 unspecified atom stereocenters. The van der Waals surface area contributed by atoms with E-state index in [4.69, 9.17) is 0 Å². The summed E-state index contributed by atoms with van der Waals surface area (Å²) in [5.74, 6) is -0.451. The lowest BCUT2D eigenvalue weighted by Crippen LogP contribution is -2.09. The first-order chi connectivity index (χ1) is 8.09. The molecule has 0 atom stereocenters. The molecule has 0 fully saturated rings. The smallest absolute Gasteiger partial charge is 0.318 e. The number of carbonyl (C=O) groups excluding carboxylic acids is 1. The third kappa shape index (κ3) is 4.92. The Hall–Kier alpha value is -2.17. The van der Waals surface area contributed by atoms with Crippen LogP contribution in [0.3, 0.4) is 0 Å². The van der Waals surface area contributed by atoms with Gasteiger partial charge in [-0.25, -0.2) is 4.79 Å². The van der Waals surface area contributed by atoms with Crippen LogP contribution in [0.1, 0.15) is 20.8 Å². The largest absolute Gasteiger partial charge is 0.331 e. The molecule has 0 spiro atoms. The van der Waals surface area contributed by atoms with Crippen LogP contribution < -0.4 is 5.43 Å². The van der Waals surface area contributed by atoms with Crippen molar-refractivity contribution in [1.82, 2.24) is 0 Å². The second-order valence-electron chi connectivity index (χ2n) is 3.43. The second-order valence-corrected chi connectivity index (χ2v) is 3.43. The highest BCUT2D eigenvalue weighted by molar-refractivity contribution is 6.40. The van der Waals surface area contributed by atoms with Crippen molar-refractivity contribution in [3.63, 3.8) is 0 Å². The van der Waals surface area contributed by atoms with Gasteiger partial charge in [-0.3, -0.25) is 5.43 Å². The molecule has 0 aromatic heterocycles. The number of oxime groups is 1. The summed E-state index contributed by atoms with van der Waals surface area (Å²) in [5, 5.41) is 7.75. The van der Waals surface area contributed by atoms with E-state index >= 15 is 0 Å². The summed E-state index contributed by atoms with van der Waals surface area (Å²) >= 11 is 0. The van der Waals surface area contributed by atoms with Crippen LogP contribution in [0.25, 0.3) is 0 Å². The maximum Gasteiger partial charge on any atom is 0.331 e. The van der Waals surface area contributed by atoms with Crippen molar-refractivity contribution in [1.29, 1.82) is 0 Å². The summed E-state index contributed by atoms with van der Waals surface area (Å²) in [7, 11) is 0. The number of rotatable bonds is 4. The summed E-state index contributed by atoms with van der Waals surface area (Å²) in [5.41, 5.74) is 4.95. The van der Waals surface area contributed by atoms with Gasteiger partial charge in [-0.1, -0.05) is 23.4 Å². The lowest BCUT2D eigenvalue weighted by molar-refractivity contribution is -0.140. The molecule has 0 saturated heterocycles. The van der Waals surface area contributed by atoms with Gasteiger partial charge in [0.15, 0.2) is 0 Å². The number of hydrazone groups is 1. The first-order valence-electron chi connectivity index (χ1n) is 5.17. The first kappa shape index (κ1) is 12.9. The van der Waals surface area contributed by atoms with Crippen molar-refractivity contribution in [3.05, 3.63) is 30.3 Å². The number of carbonyl (C=O) groups is 1. The normalized spacial score (nSPS) is 12.2. The molecule has 0 amide bonds. The van der Waals surface area contributed by atoms with Gasteiger partial charge in [0.25, 0.3) is 0 Å². The van der Waals surface area contributed by atoms with Crippen molar-refractivity contribution in [2.45, 2.75) is 20.8 Å². The molecule has 5 nitrogen and oxygen atoms in total. The molecule has 1 aromatic rings. The molecule has 0 bridgehead atoms. The van der Waals surface area contributed by atoms with E-state index in [1.807, 2.05) is 30.3 Å². The van der Waals surface area contributed by atoms with Gasteiger partial charge >= 0.3 is 5.97 Å². The van der Waals surface area contributed by atoms with Crippen molar-refractivity contribution in [3.8, 4) is 0 Å². The zero-order valence-corrected chi connectivity index (χ0v) is 10.1. The molecule has 1 rings (SSSR count). The molecule has 90 valence electrons. The molecule has 0 aliphatic rings. The summed E-state index contributed by atoms with van der Waals surface area (Å²) in [6.45, 7) is 4.79. The minimum Gasteiger partial charge on any atom is -0.318 e. The highest BCUT2D eigenvalue weighted by Crippen LogP contribution is 2.04. The van der Waals surface area contributed by atoms with Gasteiger partial charge in [0.2, 0.25) is 0 Å². The van der Waals surface area contributed by atoms with E-state index in [2.05, 4.69) is 20.5 Å². The van der Waals surface area contributed by atoms with Crippen molar-refractivity contribution < 1.29 is 9.63 Å². The van der Waals surface area contributed by atoms with Crippen LogP contribution in [0, 0.1) is 0 Å². The molecule has 1 aromatic carbocycles. The van der Waals surface area contributed by atoms with E-state index in [0.29, 0.717) is 11.4 Å². The number of hydrogen-bond acceptors (Lipinski definition) is 5. The van der Waals surface area contributed by atoms with Gasteiger partial charge in [0.1, 0.15) is 5.71 Å². The van der Waals surface area contributed by atoms with Gasteiger partial charge in [0.05, 0.1) is 11.4 Å². The van der Waals surface area contributed by atoms with E-state index in [1.54, 1.807) is 13.8 Å². The minimum atomic E-state index is -0.451. The minimum absolute atomic E-state index is 0.451. The Morgan fingerprint density at radius 1 is 1.12 bits per heavy atom. The number of benzene rings is 1. The molecule has 0 saturated carbocycles. The molecule has 1 N–H and O–H groups in total. The number of nitrogens with zero attached hydrogens (tertiary/aromatic N) is 2. The monoisotopic (exact) mass is 233 g/mol. The highest BCUT2D eigenvalue weighted by atomic mass is 16.7. The molecular formula is C12H15N3O2. The third-order valence-electron chi connectivity index (χ3n) is 1.96. The molecule has 5 heteroatoms. The van der Waals surface area contributed by atoms with E-state index in [9.17, 15) is 4.79 Å². The second kappa shape index (κ2) is 6.42. The average molecular weight is 233 g/mol. The lowest BCUT2D eigenvalue weighted by atomic mass is 10.3. The van der Waals surface area contributed by atoms with Gasteiger partial charge < -0.3 is 4.84 Å². The van der Waals surface area contributed by atoms with Crippen molar-refractivity contribution in [2.75, 3.05) is 5.43 Å². The molecule has 0 heterocycles. The van der Waals surface area contributed by atoms with Crippen molar-refractivity contribution >= 4 is 23.1 Å². The Balaban J connectivity index is 2.60. The van der Waals surface area contributed by atoms with Crippen LogP contribution in [-0.2, 0) is 9.63 Å². The van der Waals surface area contributed by atoms with Crippen LogP contribution in [0.5, 0.6) is 0 Å². The molecule has 17 heavy (non-hydrogen) atoms. The Bertz CT molecular complexity index is 438. The van der Waals surface area contributed by atoms with Crippen LogP contribution in [0.2, 0.25) is 0 Å². The summed E-state index contributed by atoms with van der Waals surface area (Å²) < 4.78 is 0. The van der Waals surface area contributed by atoms with Crippen LogP contribution in [-0.4, -0.2) is 17.4 Å². The Morgan fingerprint density at radius 2 is 1.76 bits per heavy atom. The summed E-state index contributed by atoms with van der Waals surface area (Å²) in [6.07, 6.45) is 0. The maximum atomic E-state index is 10.6. The molecular weight excluding hydrogens is 218 g/mol. The average Bonchev–Trinajstić information content (AvgIpc) is 2.34. The summed E-state index contributed by atoms with van der Waals surface area (Å²) in [6, 6.07) is 9.54. The zero-order valence-electron chi connectivity index (χ0n) is 10.1. The fraction of sp³-hybridized carbons (Fsp3) is 0.250. The SMILES string of the molecule is CC(=O)O/N=C(C)/C(C)=N/Nc1ccccc1. The van der Waals surface area contributed by atoms with E-state index in [1.165, 1.54) is 6.92 Å². The molecule has 0 radical (unpaired) electrons. The standard InChI is InChI=1S/C12H15N3O2/c1-9(10(2)15-17-11(3)16)13-14-12-7-5-4-6-8-12/h4-8,14H,1-3H3/b13-9+,15-10+. The Kier molecular flexibility index (Phi) is 4.87. The zero-order chi connectivity index (χ0) is 12.7. The van der Waals surface area contributed by atoms with Gasteiger partial charge in [-0.15, -0.1) is 0 Å².